The van der Waals surface area contributed by atoms with E-state index in [2.05, 4.69) is 18.7 Å². The van der Waals surface area contributed by atoms with Crippen molar-refractivity contribution in [3.05, 3.63) is 0 Å². The first kappa shape index (κ1) is 12.5. The van der Waals surface area contributed by atoms with Crippen LogP contribution < -0.4 is 0 Å². The summed E-state index contributed by atoms with van der Waals surface area (Å²) in [6, 6.07) is 0. The summed E-state index contributed by atoms with van der Waals surface area (Å²) in [4.78, 5) is 2.13. The number of nitrogens with one attached hydrogen (secondary N) is 1. The Morgan fingerprint density at radius 3 is 1.69 bits per heavy atom. The van der Waals surface area contributed by atoms with Crippen LogP contribution in [-0.2, 0) is 0 Å². The van der Waals surface area contributed by atoms with Crippen molar-refractivity contribution in [2.75, 3.05) is 13.1 Å². The molecule has 13 heavy (non-hydrogen) atoms. The van der Waals surface area contributed by atoms with E-state index in [0.717, 1.165) is 13.1 Å². The van der Waals surface area contributed by atoms with Gasteiger partial charge in [-0.2, -0.15) is 0 Å². The maximum absolute atomic E-state index is 7.23. The number of unbranched alkanes of at least 4 members (excludes halogenated alkanes) is 4. The minimum Gasteiger partial charge on any atom is -0.363 e. The smallest absolute Gasteiger partial charge is 0.0817 e. The molecule has 0 aliphatic rings. The fourth-order valence-electron chi connectivity index (χ4n) is 1.37. The largest absolute Gasteiger partial charge is 0.363 e. The van der Waals surface area contributed by atoms with Crippen molar-refractivity contribution in [2.45, 2.75) is 52.4 Å². The van der Waals surface area contributed by atoms with Crippen molar-refractivity contribution < 1.29 is 0 Å². The summed E-state index contributed by atoms with van der Waals surface area (Å²) in [6.45, 7) is 6.57. The molecule has 2 heteroatoms. The molecule has 0 radical (unpaired) electrons. The molecular formula is C11H24N2. The van der Waals surface area contributed by atoms with E-state index in [1.54, 1.807) is 0 Å². The molecule has 0 fully saturated rings. The highest BCUT2D eigenvalue weighted by Crippen LogP contribution is 2.00. The quantitative estimate of drug-likeness (QED) is 0.332. The molecule has 0 aromatic rings. The van der Waals surface area contributed by atoms with Crippen LogP contribution in [0.4, 0.5) is 0 Å². The average Bonchev–Trinajstić information content (AvgIpc) is 2.16. The second-order valence-corrected chi connectivity index (χ2v) is 3.58. The van der Waals surface area contributed by atoms with Crippen LogP contribution in [0.3, 0.4) is 0 Å². The van der Waals surface area contributed by atoms with Gasteiger partial charge in [0.05, 0.1) is 6.34 Å². The topological polar surface area (TPSA) is 27.1 Å². The van der Waals surface area contributed by atoms with Gasteiger partial charge in [-0.25, -0.2) is 0 Å². The van der Waals surface area contributed by atoms with Gasteiger partial charge in [0.15, 0.2) is 0 Å². The van der Waals surface area contributed by atoms with Crippen LogP contribution in [0.1, 0.15) is 52.4 Å². The third kappa shape index (κ3) is 7.82. The molecule has 0 aliphatic carbocycles. The van der Waals surface area contributed by atoms with Gasteiger partial charge >= 0.3 is 0 Å². The number of rotatable bonds is 9. The van der Waals surface area contributed by atoms with Crippen molar-refractivity contribution in [1.29, 1.82) is 5.41 Å². The predicted molar refractivity (Wildman–Crippen MR) is 59.4 cm³/mol. The highest BCUT2D eigenvalue weighted by atomic mass is 15.1. The van der Waals surface area contributed by atoms with Gasteiger partial charge in [-0.15, -0.1) is 0 Å². The van der Waals surface area contributed by atoms with E-state index in [4.69, 9.17) is 5.41 Å². The molecule has 0 spiro atoms. The zero-order valence-electron chi connectivity index (χ0n) is 9.18. The molecule has 0 bridgehead atoms. The first-order valence-corrected chi connectivity index (χ1v) is 5.59. The second-order valence-electron chi connectivity index (χ2n) is 3.58. The van der Waals surface area contributed by atoms with Crippen LogP contribution in [0.2, 0.25) is 0 Å². The number of nitrogens with zero attached hydrogens (tertiary/aromatic N) is 1. The SMILES string of the molecule is CCCCCN(C=N)CCCCC. The predicted octanol–water partition coefficient (Wildman–Crippen LogP) is 3.28. The molecule has 2 nitrogen and oxygen atoms in total. The Kier molecular flexibility index (Phi) is 9.17. The van der Waals surface area contributed by atoms with Crippen LogP contribution >= 0.6 is 0 Å². The standard InChI is InChI=1S/C11H24N2/c1-3-5-7-9-13(11-12)10-8-6-4-2/h11-12H,3-10H2,1-2H3. The Morgan fingerprint density at radius 2 is 1.38 bits per heavy atom. The molecule has 0 rings (SSSR count). The lowest BCUT2D eigenvalue weighted by Crippen LogP contribution is -2.23. The van der Waals surface area contributed by atoms with E-state index in [1.807, 2.05) is 0 Å². The molecule has 78 valence electrons. The van der Waals surface area contributed by atoms with Crippen LogP contribution in [-0.4, -0.2) is 24.3 Å². The van der Waals surface area contributed by atoms with Crippen molar-refractivity contribution in [2.24, 2.45) is 0 Å². The normalized spacial score (nSPS) is 10.0. The molecular weight excluding hydrogens is 160 g/mol. The van der Waals surface area contributed by atoms with Gasteiger partial charge in [0, 0.05) is 13.1 Å². The molecule has 0 saturated heterocycles. The maximum atomic E-state index is 7.23. The van der Waals surface area contributed by atoms with Gasteiger partial charge in [-0.1, -0.05) is 39.5 Å². The van der Waals surface area contributed by atoms with Crippen LogP contribution in [0.5, 0.6) is 0 Å². The highest BCUT2D eigenvalue weighted by Gasteiger charge is 1.97. The minimum absolute atomic E-state index is 1.07. The maximum Gasteiger partial charge on any atom is 0.0817 e. The molecule has 0 heterocycles. The summed E-state index contributed by atoms with van der Waals surface area (Å²) >= 11 is 0. The number of hydrogen-bond acceptors (Lipinski definition) is 1. The Morgan fingerprint density at radius 1 is 0.923 bits per heavy atom. The molecule has 0 atom stereocenters. The van der Waals surface area contributed by atoms with Gasteiger partial charge in [0.2, 0.25) is 0 Å². The van der Waals surface area contributed by atoms with Crippen molar-refractivity contribution in [3.8, 4) is 0 Å². The molecule has 0 aromatic heterocycles. The fourth-order valence-corrected chi connectivity index (χ4v) is 1.37. The summed E-state index contributed by atoms with van der Waals surface area (Å²) in [6.07, 6.45) is 9.07. The van der Waals surface area contributed by atoms with Crippen LogP contribution in [0.25, 0.3) is 0 Å². The molecule has 0 saturated carbocycles. The van der Waals surface area contributed by atoms with E-state index in [0.29, 0.717) is 0 Å². The molecule has 0 aliphatic heterocycles. The number of hydrogen-bond donors (Lipinski definition) is 1. The fraction of sp³-hybridized carbons (Fsp3) is 0.909. The Labute approximate surface area is 82.8 Å². The van der Waals surface area contributed by atoms with Crippen LogP contribution in [0, 0.1) is 5.41 Å². The molecule has 0 aromatic carbocycles. The summed E-state index contributed by atoms with van der Waals surface area (Å²) in [7, 11) is 0. The molecule has 0 unspecified atom stereocenters. The third-order valence-corrected chi connectivity index (χ3v) is 2.28. The summed E-state index contributed by atoms with van der Waals surface area (Å²) in [5, 5.41) is 7.23. The summed E-state index contributed by atoms with van der Waals surface area (Å²) < 4.78 is 0. The van der Waals surface area contributed by atoms with Crippen molar-refractivity contribution in [1.82, 2.24) is 4.90 Å². The lowest BCUT2D eigenvalue weighted by Gasteiger charge is -2.18. The van der Waals surface area contributed by atoms with E-state index in [9.17, 15) is 0 Å². The summed E-state index contributed by atoms with van der Waals surface area (Å²) in [5.74, 6) is 0. The average molecular weight is 184 g/mol. The minimum atomic E-state index is 1.07. The first-order valence-electron chi connectivity index (χ1n) is 5.59. The van der Waals surface area contributed by atoms with Gasteiger partial charge < -0.3 is 4.90 Å². The lowest BCUT2D eigenvalue weighted by molar-refractivity contribution is 0.398. The Bertz CT molecular complexity index is 103. The monoisotopic (exact) mass is 184 g/mol. The Balaban J connectivity index is 3.34. The highest BCUT2D eigenvalue weighted by molar-refractivity contribution is 5.50. The van der Waals surface area contributed by atoms with Gasteiger partial charge in [-0.05, 0) is 12.8 Å². The van der Waals surface area contributed by atoms with E-state index in [-0.39, 0.29) is 0 Å². The van der Waals surface area contributed by atoms with E-state index >= 15 is 0 Å². The summed E-state index contributed by atoms with van der Waals surface area (Å²) in [5.41, 5.74) is 0. The zero-order valence-corrected chi connectivity index (χ0v) is 9.18. The molecule has 1 N–H and O–H groups in total. The van der Waals surface area contributed by atoms with Crippen molar-refractivity contribution in [3.63, 3.8) is 0 Å². The second kappa shape index (κ2) is 9.56. The zero-order chi connectivity index (χ0) is 9.94. The van der Waals surface area contributed by atoms with Gasteiger partial charge in [0.1, 0.15) is 0 Å². The molecule has 0 amide bonds. The van der Waals surface area contributed by atoms with E-state index < -0.39 is 0 Å². The van der Waals surface area contributed by atoms with Crippen molar-refractivity contribution >= 4 is 6.34 Å². The first-order chi connectivity index (χ1) is 6.35. The lowest BCUT2D eigenvalue weighted by atomic mass is 10.2. The Hall–Kier alpha value is -0.530. The third-order valence-electron chi connectivity index (χ3n) is 2.28. The van der Waals surface area contributed by atoms with Gasteiger partial charge in [0.25, 0.3) is 0 Å². The van der Waals surface area contributed by atoms with Crippen LogP contribution in [0.15, 0.2) is 0 Å². The van der Waals surface area contributed by atoms with E-state index in [1.165, 1.54) is 44.9 Å². The van der Waals surface area contributed by atoms with Gasteiger partial charge in [-0.3, -0.25) is 5.41 Å².